The van der Waals surface area contributed by atoms with E-state index in [-0.39, 0.29) is 0 Å². The normalized spacial score (nSPS) is 24.6. The van der Waals surface area contributed by atoms with Crippen molar-refractivity contribution in [3.05, 3.63) is 29.5 Å². The average Bonchev–Trinajstić information content (AvgIpc) is 2.87. The van der Waals surface area contributed by atoms with E-state index in [1.807, 2.05) is 6.20 Å². The van der Waals surface area contributed by atoms with Crippen molar-refractivity contribution in [2.75, 3.05) is 13.1 Å². The highest BCUT2D eigenvalue weighted by Crippen LogP contribution is 2.33. The zero-order valence-corrected chi connectivity index (χ0v) is 10.7. The number of hydrogen-bond acceptors (Lipinski definition) is 3. The Morgan fingerprint density at radius 1 is 1.44 bits per heavy atom. The highest BCUT2D eigenvalue weighted by atomic mass is 15.1. The van der Waals surface area contributed by atoms with Crippen LogP contribution in [0.2, 0.25) is 0 Å². The zero-order valence-electron chi connectivity index (χ0n) is 10.7. The van der Waals surface area contributed by atoms with Crippen molar-refractivity contribution in [3.8, 4) is 0 Å². The summed E-state index contributed by atoms with van der Waals surface area (Å²) in [6, 6.07) is 4.68. The molecule has 0 saturated carbocycles. The van der Waals surface area contributed by atoms with E-state index in [4.69, 9.17) is 5.73 Å². The lowest BCUT2D eigenvalue weighted by atomic mass is 9.86. The minimum absolute atomic E-state index is 0.411. The fraction of sp³-hybridized carbons (Fsp3) is 0.500. The molecule has 1 fully saturated rings. The quantitative estimate of drug-likeness (QED) is 0.755. The molecular formula is C14H20N4. The Bertz CT molecular complexity index is 546. The van der Waals surface area contributed by atoms with Crippen LogP contribution in [0.1, 0.15) is 30.0 Å². The van der Waals surface area contributed by atoms with Gasteiger partial charge in [0.15, 0.2) is 0 Å². The number of hydrogen-bond donors (Lipinski definition) is 3. The summed E-state index contributed by atoms with van der Waals surface area (Å²) >= 11 is 0. The topological polar surface area (TPSA) is 66.7 Å². The molecule has 0 spiro atoms. The fourth-order valence-corrected chi connectivity index (χ4v) is 3.04. The van der Waals surface area contributed by atoms with E-state index in [1.54, 1.807) is 0 Å². The molecular weight excluding hydrogens is 224 g/mol. The number of aromatic amines is 1. The van der Waals surface area contributed by atoms with Crippen LogP contribution in [0.25, 0.3) is 10.9 Å². The van der Waals surface area contributed by atoms with E-state index in [9.17, 15) is 0 Å². The molecule has 2 unspecified atom stereocenters. The van der Waals surface area contributed by atoms with Crippen LogP contribution in [-0.2, 0) is 0 Å². The SMILES string of the molecule is Cc1ccc2[nH]ncc2c1C1CC(CN)CCN1. The highest BCUT2D eigenvalue weighted by molar-refractivity contribution is 5.83. The molecule has 4 nitrogen and oxygen atoms in total. The van der Waals surface area contributed by atoms with Crippen LogP contribution in [0, 0.1) is 12.8 Å². The first kappa shape index (κ1) is 11.7. The molecule has 3 rings (SSSR count). The van der Waals surface area contributed by atoms with E-state index in [1.165, 1.54) is 22.9 Å². The number of piperidine rings is 1. The summed E-state index contributed by atoms with van der Waals surface area (Å²) in [5.41, 5.74) is 9.67. The lowest BCUT2D eigenvalue weighted by Crippen LogP contribution is -2.35. The van der Waals surface area contributed by atoms with Crippen molar-refractivity contribution >= 4 is 10.9 Å². The number of nitrogens with zero attached hydrogens (tertiary/aromatic N) is 1. The second kappa shape index (κ2) is 4.71. The van der Waals surface area contributed by atoms with Gasteiger partial charge in [0.25, 0.3) is 0 Å². The van der Waals surface area contributed by atoms with E-state index in [0.717, 1.165) is 25.0 Å². The number of benzene rings is 1. The van der Waals surface area contributed by atoms with Gasteiger partial charge in [-0.05, 0) is 56.0 Å². The van der Waals surface area contributed by atoms with Crippen LogP contribution in [-0.4, -0.2) is 23.3 Å². The highest BCUT2D eigenvalue weighted by Gasteiger charge is 2.24. The fourth-order valence-electron chi connectivity index (χ4n) is 3.04. The molecule has 96 valence electrons. The van der Waals surface area contributed by atoms with Crippen molar-refractivity contribution in [1.29, 1.82) is 0 Å². The van der Waals surface area contributed by atoms with Gasteiger partial charge in [-0.25, -0.2) is 0 Å². The van der Waals surface area contributed by atoms with Crippen LogP contribution in [0.5, 0.6) is 0 Å². The molecule has 1 aromatic heterocycles. The van der Waals surface area contributed by atoms with Crippen LogP contribution in [0.15, 0.2) is 18.3 Å². The molecule has 0 aliphatic carbocycles. The summed E-state index contributed by atoms with van der Waals surface area (Å²) in [6.07, 6.45) is 4.25. The first-order valence-corrected chi connectivity index (χ1v) is 6.65. The second-order valence-electron chi connectivity index (χ2n) is 5.26. The maximum absolute atomic E-state index is 5.83. The van der Waals surface area contributed by atoms with E-state index in [2.05, 4.69) is 34.6 Å². The molecule has 1 aromatic carbocycles. The maximum atomic E-state index is 5.83. The molecule has 2 aromatic rings. The predicted molar refractivity (Wildman–Crippen MR) is 73.4 cm³/mol. The standard InChI is InChI=1S/C14H20N4/c1-9-2-3-12-11(8-17-18-12)14(9)13-6-10(7-15)4-5-16-13/h2-3,8,10,13,16H,4-7,15H2,1H3,(H,17,18). The third-order valence-corrected chi connectivity index (χ3v) is 4.08. The van der Waals surface area contributed by atoms with Crippen molar-refractivity contribution in [1.82, 2.24) is 15.5 Å². The monoisotopic (exact) mass is 244 g/mol. The number of rotatable bonds is 2. The Kier molecular flexibility index (Phi) is 3.06. The summed E-state index contributed by atoms with van der Waals surface area (Å²) in [5, 5.41) is 12.1. The minimum atomic E-state index is 0.411. The van der Waals surface area contributed by atoms with Gasteiger partial charge in [-0.3, -0.25) is 5.10 Å². The van der Waals surface area contributed by atoms with Gasteiger partial charge in [-0.2, -0.15) is 5.10 Å². The molecule has 2 atom stereocenters. The zero-order chi connectivity index (χ0) is 12.5. The third-order valence-electron chi connectivity index (χ3n) is 4.08. The molecule has 2 heterocycles. The Morgan fingerprint density at radius 2 is 2.33 bits per heavy atom. The van der Waals surface area contributed by atoms with Crippen LogP contribution < -0.4 is 11.1 Å². The summed E-state index contributed by atoms with van der Waals surface area (Å²) in [7, 11) is 0. The maximum Gasteiger partial charge on any atom is 0.0653 e. The van der Waals surface area contributed by atoms with E-state index >= 15 is 0 Å². The lowest BCUT2D eigenvalue weighted by molar-refractivity contribution is 0.312. The van der Waals surface area contributed by atoms with Crippen molar-refractivity contribution in [2.24, 2.45) is 11.7 Å². The molecule has 18 heavy (non-hydrogen) atoms. The van der Waals surface area contributed by atoms with Gasteiger partial charge in [0.05, 0.1) is 11.7 Å². The van der Waals surface area contributed by atoms with E-state index < -0.39 is 0 Å². The van der Waals surface area contributed by atoms with Crippen LogP contribution in [0.3, 0.4) is 0 Å². The van der Waals surface area contributed by atoms with Gasteiger partial charge in [0.2, 0.25) is 0 Å². The number of nitrogens with two attached hydrogens (primary N) is 1. The Hall–Kier alpha value is -1.39. The van der Waals surface area contributed by atoms with Crippen LogP contribution in [0.4, 0.5) is 0 Å². The minimum Gasteiger partial charge on any atom is -0.330 e. The molecule has 4 heteroatoms. The third kappa shape index (κ3) is 1.91. The largest absolute Gasteiger partial charge is 0.330 e. The summed E-state index contributed by atoms with van der Waals surface area (Å²) < 4.78 is 0. The summed E-state index contributed by atoms with van der Waals surface area (Å²) in [6.45, 7) is 4.02. The molecule has 1 aliphatic heterocycles. The smallest absolute Gasteiger partial charge is 0.0653 e. The molecule has 1 saturated heterocycles. The van der Waals surface area contributed by atoms with Crippen LogP contribution >= 0.6 is 0 Å². The molecule has 0 amide bonds. The van der Waals surface area contributed by atoms with Gasteiger partial charge < -0.3 is 11.1 Å². The number of H-pyrrole nitrogens is 1. The number of nitrogens with one attached hydrogen (secondary N) is 2. The average molecular weight is 244 g/mol. The lowest BCUT2D eigenvalue weighted by Gasteiger charge is -2.31. The number of aryl methyl sites for hydroxylation is 1. The first-order valence-electron chi connectivity index (χ1n) is 6.65. The van der Waals surface area contributed by atoms with Gasteiger partial charge in [-0.1, -0.05) is 6.07 Å². The predicted octanol–water partition coefficient (Wildman–Crippen LogP) is 1.87. The van der Waals surface area contributed by atoms with Crippen molar-refractivity contribution in [3.63, 3.8) is 0 Å². The van der Waals surface area contributed by atoms with Gasteiger partial charge in [0, 0.05) is 11.4 Å². The number of fused-ring (bicyclic) bond motifs is 1. The molecule has 0 radical (unpaired) electrons. The van der Waals surface area contributed by atoms with Gasteiger partial charge >= 0.3 is 0 Å². The molecule has 0 bridgehead atoms. The van der Waals surface area contributed by atoms with Crippen molar-refractivity contribution in [2.45, 2.75) is 25.8 Å². The first-order chi connectivity index (χ1) is 8.79. The van der Waals surface area contributed by atoms with Gasteiger partial charge in [0.1, 0.15) is 0 Å². The Labute approximate surface area is 107 Å². The molecule has 1 aliphatic rings. The summed E-state index contributed by atoms with van der Waals surface area (Å²) in [4.78, 5) is 0. The number of aromatic nitrogens is 2. The van der Waals surface area contributed by atoms with E-state index in [0.29, 0.717) is 12.0 Å². The van der Waals surface area contributed by atoms with Crippen molar-refractivity contribution < 1.29 is 0 Å². The molecule has 4 N–H and O–H groups in total. The van der Waals surface area contributed by atoms with Gasteiger partial charge in [-0.15, -0.1) is 0 Å². The second-order valence-corrected chi connectivity index (χ2v) is 5.26. The Morgan fingerprint density at radius 3 is 3.17 bits per heavy atom. The Balaban J connectivity index is 2.02. The summed E-state index contributed by atoms with van der Waals surface area (Å²) in [5.74, 6) is 0.637.